The van der Waals surface area contributed by atoms with Crippen LogP contribution in [0.1, 0.15) is 16.6 Å². The fourth-order valence-corrected chi connectivity index (χ4v) is 1.92. The summed E-state index contributed by atoms with van der Waals surface area (Å²) in [7, 11) is 1.92. The topological polar surface area (TPSA) is 40.5 Å². The van der Waals surface area contributed by atoms with E-state index in [1.165, 1.54) is 11.3 Å². The molecule has 0 atom stereocenters. The molecule has 3 nitrogen and oxygen atoms in total. The van der Waals surface area contributed by atoms with Gasteiger partial charge in [-0.25, -0.2) is 4.79 Å². The van der Waals surface area contributed by atoms with E-state index in [9.17, 15) is 4.79 Å². The Balaban J connectivity index is 2.76. The minimum absolute atomic E-state index is 0.369. The Labute approximate surface area is 87.3 Å². The molecule has 0 saturated carbocycles. The van der Waals surface area contributed by atoms with Crippen molar-refractivity contribution in [1.29, 1.82) is 0 Å². The second-order valence-corrected chi connectivity index (χ2v) is 4.20. The zero-order chi connectivity index (χ0) is 10.7. The second kappa shape index (κ2) is 4.28. The molecule has 76 valence electrons. The number of anilines is 1. The lowest BCUT2D eigenvalue weighted by Gasteiger charge is -2.16. The van der Waals surface area contributed by atoms with E-state index in [0.717, 1.165) is 17.8 Å². The molecular weight excluding hydrogens is 198 g/mol. The first-order valence-electron chi connectivity index (χ1n) is 4.18. The molecule has 1 rings (SSSR count). The van der Waals surface area contributed by atoms with Crippen molar-refractivity contribution >= 4 is 23.0 Å². The zero-order valence-electron chi connectivity index (χ0n) is 8.28. The summed E-state index contributed by atoms with van der Waals surface area (Å²) in [6.07, 6.45) is 0. The van der Waals surface area contributed by atoms with Gasteiger partial charge in [-0.2, -0.15) is 0 Å². The maximum absolute atomic E-state index is 10.6. The van der Waals surface area contributed by atoms with Crippen molar-refractivity contribution in [3.05, 3.63) is 28.5 Å². The largest absolute Gasteiger partial charge is 0.477 e. The Morgan fingerprint density at radius 3 is 2.79 bits per heavy atom. The maximum atomic E-state index is 10.6. The third-order valence-electron chi connectivity index (χ3n) is 1.74. The van der Waals surface area contributed by atoms with Crippen LogP contribution in [0.2, 0.25) is 0 Å². The van der Waals surface area contributed by atoms with Crippen LogP contribution in [0.3, 0.4) is 0 Å². The summed E-state index contributed by atoms with van der Waals surface area (Å²) in [6, 6.07) is 1.68. The van der Waals surface area contributed by atoms with Gasteiger partial charge >= 0.3 is 5.97 Å². The van der Waals surface area contributed by atoms with Crippen molar-refractivity contribution in [2.45, 2.75) is 6.92 Å². The molecule has 0 fully saturated rings. The number of likely N-dealkylation sites (N-methyl/N-ethyl adjacent to an activating group) is 1. The third-order valence-corrected chi connectivity index (χ3v) is 2.65. The van der Waals surface area contributed by atoms with Crippen LogP contribution in [0.15, 0.2) is 23.6 Å². The average Bonchev–Trinajstić information content (AvgIpc) is 2.50. The Morgan fingerprint density at radius 1 is 1.71 bits per heavy atom. The van der Waals surface area contributed by atoms with Crippen LogP contribution in [0.25, 0.3) is 0 Å². The summed E-state index contributed by atoms with van der Waals surface area (Å²) in [5.74, 6) is -0.870. The molecule has 0 aliphatic rings. The first-order chi connectivity index (χ1) is 6.50. The lowest BCUT2D eigenvalue weighted by atomic mass is 10.3. The van der Waals surface area contributed by atoms with Gasteiger partial charge in [0.2, 0.25) is 0 Å². The van der Waals surface area contributed by atoms with Gasteiger partial charge in [0.25, 0.3) is 0 Å². The van der Waals surface area contributed by atoms with Crippen molar-refractivity contribution < 1.29 is 9.90 Å². The molecule has 0 aliphatic carbocycles. The molecule has 1 aromatic rings. The standard InChI is InChI=1S/C10H13NO2S/c1-7(2)5-11(3)8-4-9(10(12)13)14-6-8/h4,6H,1,5H2,2-3H3,(H,12,13). The highest BCUT2D eigenvalue weighted by Crippen LogP contribution is 2.22. The van der Waals surface area contributed by atoms with Crippen LogP contribution in [0.4, 0.5) is 5.69 Å². The normalized spacial score (nSPS) is 9.86. The van der Waals surface area contributed by atoms with Gasteiger partial charge in [0, 0.05) is 24.7 Å². The van der Waals surface area contributed by atoms with Crippen LogP contribution in [-0.2, 0) is 0 Å². The number of carbonyl (C=O) groups is 1. The van der Waals surface area contributed by atoms with E-state index in [4.69, 9.17) is 5.11 Å². The first-order valence-corrected chi connectivity index (χ1v) is 5.06. The van der Waals surface area contributed by atoms with Crippen molar-refractivity contribution in [3.8, 4) is 0 Å². The first kappa shape index (κ1) is 10.8. The molecule has 14 heavy (non-hydrogen) atoms. The number of carboxylic acids is 1. The van der Waals surface area contributed by atoms with Crippen LogP contribution in [-0.4, -0.2) is 24.7 Å². The molecule has 0 saturated heterocycles. The minimum atomic E-state index is -0.870. The lowest BCUT2D eigenvalue weighted by molar-refractivity contribution is 0.0702. The second-order valence-electron chi connectivity index (χ2n) is 3.29. The summed E-state index contributed by atoms with van der Waals surface area (Å²) in [6.45, 7) is 6.50. The van der Waals surface area contributed by atoms with Gasteiger partial charge in [-0.15, -0.1) is 11.3 Å². The maximum Gasteiger partial charge on any atom is 0.345 e. The number of hydrogen-bond acceptors (Lipinski definition) is 3. The summed E-state index contributed by atoms with van der Waals surface area (Å²) < 4.78 is 0. The number of hydrogen-bond donors (Lipinski definition) is 1. The van der Waals surface area contributed by atoms with E-state index in [0.29, 0.717) is 4.88 Å². The van der Waals surface area contributed by atoms with Crippen LogP contribution in [0, 0.1) is 0 Å². The quantitative estimate of drug-likeness (QED) is 0.778. The fraction of sp³-hybridized carbons (Fsp3) is 0.300. The van der Waals surface area contributed by atoms with Crippen molar-refractivity contribution in [2.24, 2.45) is 0 Å². The number of carboxylic acid groups (broad SMARTS) is 1. The molecule has 0 spiro atoms. The van der Waals surface area contributed by atoms with Crippen molar-refractivity contribution in [2.75, 3.05) is 18.5 Å². The molecule has 1 aromatic heterocycles. The minimum Gasteiger partial charge on any atom is -0.477 e. The van der Waals surface area contributed by atoms with Crippen LogP contribution >= 0.6 is 11.3 Å². The molecule has 4 heteroatoms. The molecule has 0 unspecified atom stereocenters. The van der Waals surface area contributed by atoms with Crippen molar-refractivity contribution in [3.63, 3.8) is 0 Å². The van der Waals surface area contributed by atoms with Crippen LogP contribution in [0.5, 0.6) is 0 Å². The van der Waals surface area contributed by atoms with Gasteiger partial charge in [-0.05, 0) is 13.0 Å². The zero-order valence-corrected chi connectivity index (χ0v) is 9.10. The third kappa shape index (κ3) is 2.60. The Morgan fingerprint density at radius 2 is 2.36 bits per heavy atom. The van der Waals surface area contributed by atoms with Gasteiger partial charge < -0.3 is 10.0 Å². The van der Waals surface area contributed by atoms with Gasteiger partial charge in [-0.3, -0.25) is 0 Å². The molecule has 0 radical (unpaired) electrons. The molecule has 0 bridgehead atoms. The lowest BCUT2D eigenvalue weighted by Crippen LogP contribution is -2.18. The Bertz CT molecular complexity index is 357. The summed E-state index contributed by atoms with van der Waals surface area (Å²) >= 11 is 1.24. The predicted molar refractivity (Wildman–Crippen MR) is 59.4 cm³/mol. The van der Waals surface area contributed by atoms with Gasteiger partial charge in [-0.1, -0.05) is 12.2 Å². The van der Waals surface area contributed by atoms with Gasteiger partial charge in [0.15, 0.2) is 0 Å². The monoisotopic (exact) mass is 211 g/mol. The van der Waals surface area contributed by atoms with E-state index in [1.54, 1.807) is 6.07 Å². The van der Waals surface area contributed by atoms with E-state index in [1.807, 2.05) is 24.3 Å². The summed E-state index contributed by atoms with van der Waals surface area (Å²) in [4.78, 5) is 13.0. The van der Waals surface area contributed by atoms with E-state index in [-0.39, 0.29) is 0 Å². The van der Waals surface area contributed by atoms with E-state index >= 15 is 0 Å². The predicted octanol–water partition coefficient (Wildman–Crippen LogP) is 2.46. The Kier molecular flexibility index (Phi) is 3.30. The highest BCUT2D eigenvalue weighted by atomic mass is 32.1. The highest BCUT2D eigenvalue weighted by molar-refractivity contribution is 7.12. The number of nitrogens with zero attached hydrogens (tertiary/aromatic N) is 1. The summed E-state index contributed by atoms with van der Waals surface area (Å²) in [5.41, 5.74) is 1.98. The SMILES string of the molecule is C=C(C)CN(C)c1csc(C(=O)O)c1. The van der Waals surface area contributed by atoms with Gasteiger partial charge in [0.1, 0.15) is 4.88 Å². The van der Waals surface area contributed by atoms with Gasteiger partial charge in [0.05, 0.1) is 0 Å². The Hall–Kier alpha value is -1.29. The molecule has 1 N–H and O–H groups in total. The highest BCUT2D eigenvalue weighted by Gasteiger charge is 2.09. The van der Waals surface area contributed by atoms with E-state index < -0.39 is 5.97 Å². The summed E-state index contributed by atoms with van der Waals surface area (Å²) in [5, 5.41) is 10.6. The van der Waals surface area contributed by atoms with Crippen molar-refractivity contribution in [1.82, 2.24) is 0 Å². The molecule has 0 amide bonds. The molecular formula is C10H13NO2S. The average molecular weight is 211 g/mol. The number of rotatable bonds is 4. The smallest absolute Gasteiger partial charge is 0.345 e. The van der Waals surface area contributed by atoms with Crippen LogP contribution < -0.4 is 4.90 Å². The number of thiophene rings is 1. The number of aromatic carboxylic acids is 1. The van der Waals surface area contributed by atoms with E-state index in [2.05, 4.69) is 6.58 Å². The molecule has 0 aliphatic heterocycles. The fourth-order valence-electron chi connectivity index (χ4n) is 1.13. The molecule has 0 aromatic carbocycles. The molecule has 1 heterocycles.